The second-order valence-corrected chi connectivity index (χ2v) is 12.5. The van der Waals surface area contributed by atoms with Gasteiger partial charge in [-0.15, -0.1) is 12.4 Å². The molecule has 1 aromatic heterocycles. The third kappa shape index (κ3) is 9.80. The van der Waals surface area contributed by atoms with Gasteiger partial charge in [0.1, 0.15) is 23.9 Å². The molecule has 0 spiro atoms. The van der Waals surface area contributed by atoms with Crippen LogP contribution in [0.3, 0.4) is 0 Å². The van der Waals surface area contributed by atoms with Gasteiger partial charge in [0.15, 0.2) is 6.20 Å². The zero-order chi connectivity index (χ0) is 31.1. The molecular weight excluding hydrogens is 621 g/mol. The van der Waals surface area contributed by atoms with E-state index in [0.717, 1.165) is 49.0 Å². The minimum Gasteiger partial charge on any atom is -0.618 e. The maximum atomic E-state index is 13.4. The normalized spacial score (nSPS) is 13.8. The Morgan fingerprint density at radius 3 is 2.16 bits per heavy atom. The molecule has 0 radical (unpaired) electrons. The fourth-order valence-corrected chi connectivity index (χ4v) is 5.67. The number of pyridine rings is 1. The summed E-state index contributed by atoms with van der Waals surface area (Å²) in [5.74, 6) is 0.864. The number of hydrogen-bond donors (Lipinski definition) is 2. The first-order valence-electron chi connectivity index (χ1n) is 14.2. The van der Waals surface area contributed by atoms with Crippen molar-refractivity contribution in [2.75, 3.05) is 29.4 Å². The van der Waals surface area contributed by atoms with Crippen molar-refractivity contribution in [3.63, 3.8) is 0 Å². The molecule has 1 aliphatic rings. The molecule has 1 fully saturated rings. The van der Waals surface area contributed by atoms with Gasteiger partial charge in [0.2, 0.25) is 15.7 Å². The Hall–Kier alpha value is -4.39. The van der Waals surface area contributed by atoms with Crippen LogP contribution in [0.25, 0.3) is 0 Å². The highest BCUT2D eigenvalue weighted by atomic mass is 35.5. The maximum absolute atomic E-state index is 13.4. The first-order valence-corrected chi connectivity index (χ1v) is 16.1. The minimum absolute atomic E-state index is 0. The van der Waals surface area contributed by atoms with Crippen LogP contribution in [0.1, 0.15) is 24.1 Å². The fourth-order valence-electron chi connectivity index (χ4n) is 5.11. The Morgan fingerprint density at radius 2 is 1.56 bits per heavy atom. The number of nitrogens with one attached hydrogen (secondary N) is 2. The minimum atomic E-state index is -3.34. The number of rotatable bonds is 10. The van der Waals surface area contributed by atoms with Crippen LogP contribution < -0.4 is 19.5 Å². The van der Waals surface area contributed by atoms with Crippen molar-refractivity contribution in [2.24, 2.45) is 0 Å². The van der Waals surface area contributed by atoms with Gasteiger partial charge in [-0.1, -0.05) is 12.1 Å². The summed E-state index contributed by atoms with van der Waals surface area (Å²) in [6.07, 6.45) is 3.98. The number of carbonyl (C=O) groups is 1. The van der Waals surface area contributed by atoms with Gasteiger partial charge in [0.05, 0.1) is 6.26 Å². The summed E-state index contributed by atoms with van der Waals surface area (Å²) in [5.41, 5.74) is 2.53. The van der Waals surface area contributed by atoms with Crippen LogP contribution in [-0.4, -0.2) is 49.6 Å². The molecule has 1 aliphatic heterocycles. The van der Waals surface area contributed by atoms with Crippen molar-refractivity contribution in [3.05, 3.63) is 119 Å². The molecule has 0 aliphatic carbocycles. The molecule has 0 atom stereocenters. The molecule has 4 aromatic rings. The average molecular weight is 656 g/mol. The summed E-state index contributed by atoms with van der Waals surface area (Å²) in [5, 5.41) is 15.2. The van der Waals surface area contributed by atoms with Crippen molar-refractivity contribution in [3.8, 4) is 11.5 Å². The number of sulfonamides is 1. The van der Waals surface area contributed by atoms with Crippen LogP contribution in [0.5, 0.6) is 11.5 Å². The monoisotopic (exact) mass is 655 g/mol. The number of ether oxygens (including phenoxy) is 1. The number of urea groups is 1. The molecule has 0 bridgehead atoms. The SMILES string of the molecule is CS(=O)(=O)Nc1ccc(Oc2ccc(CN3CCC(N(Cc4cccc[n+]4[O-])C(=O)Nc4ccc(F)cc4)CC3)cc2)cc1.Cl. The Labute approximate surface area is 268 Å². The molecule has 0 saturated carbocycles. The molecule has 1 saturated heterocycles. The smallest absolute Gasteiger partial charge is 0.322 e. The molecule has 13 heteroatoms. The highest BCUT2D eigenvalue weighted by Gasteiger charge is 2.30. The van der Waals surface area contributed by atoms with Gasteiger partial charge in [-0.2, -0.15) is 4.73 Å². The summed E-state index contributed by atoms with van der Waals surface area (Å²) in [6.45, 7) is 2.42. The van der Waals surface area contributed by atoms with Gasteiger partial charge in [0, 0.05) is 49.2 Å². The number of benzene rings is 3. The lowest BCUT2D eigenvalue weighted by molar-refractivity contribution is -0.615. The number of piperidine rings is 1. The van der Waals surface area contributed by atoms with E-state index in [4.69, 9.17) is 4.74 Å². The van der Waals surface area contributed by atoms with E-state index in [2.05, 4.69) is 14.9 Å². The van der Waals surface area contributed by atoms with E-state index >= 15 is 0 Å². The third-order valence-corrected chi connectivity index (χ3v) is 7.92. The van der Waals surface area contributed by atoms with Crippen LogP contribution in [0, 0.1) is 11.0 Å². The number of nitrogens with zero attached hydrogens (tertiary/aromatic N) is 3. The third-order valence-electron chi connectivity index (χ3n) is 7.31. The van der Waals surface area contributed by atoms with Crippen molar-refractivity contribution in [2.45, 2.75) is 32.0 Å². The number of amides is 2. The summed E-state index contributed by atoms with van der Waals surface area (Å²) >= 11 is 0. The van der Waals surface area contributed by atoms with E-state index in [1.807, 2.05) is 24.3 Å². The first kappa shape index (κ1) is 33.5. The molecular formula is C32H35ClFN5O5S. The Morgan fingerprint density at radius 1 is 0.956 bits per heavy atom. The van der Waals surface area contributed by atoms with E-state index in [0.29, 0.717) is 28.6 Å². The van der Waals surface area contributed by atoms with Gasteiger partial charge in [0.25, 0.3) is 0 Å². The average Bonchev–Trinajstić information content (AvgIpc) is 3.00. The van der Waals surface area contributed by atoms with Crippen LogP contribution in [0.2, 0.25) is 0 Å². The second-order valence-electron chi connectivity index (χ2n) is 10.7. The molecule has 3 aromatic carbocycles. The Bertz CT molecular complexity index is 1670. The van der Waals surface area contributed by atoms with Crippen LogP contribution in [-0.2, 0) is 23.1 Å². The number of likely N-dealkylation sites (tertiary alicyclic amines) is 1. The second kappa shape index (κ2) is 15.1. The van der Waals surface area contributed by atoms with Gasteiger partial charge in [-0.3, -0.25) is 9.62 Å². The summed E-state index contributed by atoms with van der Waals surface area (Å²) in [4.78, 5) is 17.4. The molecule has 10 nitrogen and oxygen atoms in total. The molecule has 2 N–H and O–H groups in total. The lowest BCUT2D eigenvalue weighted by Gasteiger charge is -2.38. The Kier molecular flexibility index (Phi) is 11.2. The lowest BCUT2D eigenvalue weighted by Crippen LogP contribution is -2.49. The molecule has 2 heterocycles. The predicted molar refractivity (Wildman–Crippen MR) is 173 cm³/mol. The van der Waals surface area contributed by atoms with Gasteiger partial charge < -0.3 is 20.2 Å². The summed E-state index contributed by atoms with van der Waals surface area (Å²) in [6, 6.07) is 24.8. The molecule has 2 amide bonds. The highest BCUT2D eigenvalue weighted by molar-refractivity contribution is 7.92. The lowest BCUT2D eigenvalue weighted by atomic mass is 10.0. The largest absolute Gasteiger partial charge is 0.618 e. The van der Waals surface area contributed by atoms with E-state index in [-0.39, 0.29) is 36.8 Å². The van der Waals surface area contributed by atoms with Gasteiger partial charge >= 0.3 is 6.03 Å². The number of hydrogen-bond acceptors (Lipinski definition) is 6. The van der Waals surface area contributed by atoms with E-state index in [1.54, 1.807) is 47.4 Å². The highest BCUT2D eigenvalue weighted by Crippen LogP contribution is 2.25. The van der Waals surface area contributed by atoms with Gasteiger partial charge in [-0.05, 0) is 85.1 Å². The van der Waals surface area contributed by atoms with E-state index in [1.165, 1.54) is 30.5 Å². The number of halogens is 2. The molecule has 238 valence electrons. The molecule has 0 unspecified atom stereocenters. The van der Waals surface area contributed by atoms with Crippen molar-refractivity contribution < 1.29 is 27.1 Å². The zero-order valence-electron chi connectivity index (χ0n) is 24.6. The topological polar surface area (TPSA) is 118 Å². The molecule has 5 rings (SSSR count). The number of anilines is 2. The summed E-state index contributed by atoms with van der Waals surface area (Å²) < 4.78 is 45.2. The Balaban J connectivity index is 0.00000461. The first-order chi connectivity index (χ1) is 21.1. The van der Waals surface area contributed by atoms with Crippen molar-refractivity contribution >= 4 is 39.8 Å². The van der Waals surface area contributed by atoms with Crippen molar-refractivity contribution in [1.82, 2.24) is 9.80 Å². The molecule has 45 heavy (non-hydrogen) atoms. The quantitative estimate of drug-likeness (QED) is 0.166. The van der Waals surface area contributed by atoms with Gasteiger partial charge in [-0.25, -0.2) is 17.6 Å². The van der Waals surface area contributed by atoms with Crippen molar-refractivity contribution in [1.29, 1.82) is 0 Å². The fraction of sp³-hybridized carbons (Fsp3) is 0.250. The standard InChI is InChI=1S/C32H34FN5O5S.ClH/c1-44(41,42)35-27-11-15-31(16-12-27)43-30-13-5-24(6-14-30)22-36-20-17-28(18-21-36)37(23-29-4-2-3-19-38(29)40)32(39)34-26-9-7-25(33)8-10-26;/h2-16,19,28,35H,17-18,20-23H2,1H3,(H,34,39);1H. The van der Waals surface area contributed by atoms with Crippen LogP contribution in [0.4, 0.5) is 20.6 Å². The van der Waals surface area contributed by atoms with E-state index in [9.17, 15) is 22.8 Å². The zero-order valence-corrected chi connectivity index (χ0v) is 26.3. The van der Waals surface area contributed by atoms with Crippen LogP contribution >= 0.6 is 12.4 Å². The number of aromatic nitrogens is 1. The predicted octanol–water partition coefficient (Wildman–Crippen LogP) is 5.74. The summed E-state index contributed by atoms with van der Waals surface area (Å²) in [7, 11) is -3.34. The van der Waals surface area contributed by atoms with Crippen LogP contribution in [0.15, 0.2) is 97.2 Å². The van der Waals surface area contributed by atoms with E-state index < -0.39 is 10.0 Å². The maximum Gasteiger partial charge on any atom is 0.322 e. The number of carbonyl (C=O) groups excluding carboxylic acids is 1.